The Kier molecular flexibility index (Phi) is 5.92. The highest BCUT2D eigenvalue weighted by Gasteiger charge is 2.09. The average molecular weight is 284 g/mol. The lowest BCUT2D eigenvalue weighted by Gasteiger charge is -2.21. The molecule has 0 atom stereocenters. The smallest absolute Gasteiger partial charge is 0.131 e. The zero-order valence-corrected chi connectivity index (χ0v) is 12.4. The maximum Gasteiger partial charge on any atom is 0.131 e. The van der Waals surface area contributed by atoms with E-state index in [2.05, 4.69) is 17.2 Å². The number of anilines is 2. The van der Waals surface area contributed by atoms with E-state index in [1.54, 1.807) is 18.5 Å². The van der Waals surface area contributed by atoms with Crippen LogP contribution < -0.4 is 21.9 Å². The highest BCUT2D eigenvalue weighted by Crippen LogP contribution is 2.27. The molecule has 0 saturated heterocycles. The molecule has 0 bridgehead atoms. The van der Waals surface area contributed by atoms with Crippen molar-refractivity contribution in [1.29, 1.82) is 0 Å². The van der Waals surface area contributed by atoms with Crippen LogP contribution in [0.1, 0.15) is 33.6 Å². The highest BCUT2D eigenvalue weighted by molar-refractivity contribution is 6.29. The second-order valence-corrected chi connectivity index (χ2v) is 5.07. The number of pyridine rings is 1. The van der Waals surface area contributed by atoms with E-state index in [0.717, 1.165) is 29.9 Å². The van der Waals surface area contributed by atoms with Crippen LogP contribution in [-0.4, -0.2) is 11.0 Å². The van der Waals surface area contributed by atoms with E-state index in [9.17, 15) is 0 Å². The number of nitrogens with zero attached hydrogens (tertiary/aromatic N) is 2. The van der Waals surface area contributed by atoms with E-state index in [1.165, 1.54) is 5.01 Å². The summed E-state index contributed by atoms with van der Waals surface area (Å²) in [6.45, 7) is 6.15. The van der Waals surface area contributed by atoms with Gasteiger partial charge in [0.15, 0.2) is 0 Å². The van der Waals surface area contributed by atoms with Gasteiger partial charge >= 0.3 is 0 Å². The van der Waals surface area contributed by atoms with Gasteiger partial charge in [0.25, 0.3) is 0 Å². The van der Waals surface area contributed by atoms with Crippen LogP contribution in [0.3, 0.4) is 0 Å². The Hall–Kier alpha value is -1.46. The van der Waals surface area contributed by atoms with Crippen LogP contribution >= 0.6 is 11.6 Å². The summed E-state index contributed by atoms with van der Waals surface area (Å²) in [6, 6.07) is 2.02. The van der Waals surface area contributed by atoms with Crippen LogP contribution in [0.15, 0.2) is 24.2 Å². The molecule has 6 heteroatoms. The molecule has 1 aromatic heterocycles. The predicted molar refractivity (Wildman–Crippen MR) is 81.9 cm³/mol. The zero-order chi connectivity index (χ0) is 14.4. The molecule has 106 valence electrons. The Labute approximate surface area is 119 Å². The third-order valence-corrected chi connectivity index (χ3v) is 2.62. The third-order valence-electron chi connectivity index (χ3n) is 2.42. The number of halogens is 1. The molecule has 0 aromatic carbocycles. The molecule has 0 spiro atoms. The van der Waals surface area contributed by atoms with Gasteiger partial charge in [-0.05, 0) is 20.3 Å². The summed E-state index contributed by atoms with van der Waals surface area (Å²) >= 11 is 5.91. The summed E-state index contributed by atoms with van der Waals surface area (Å²) in [7, 11) is 0. The van der Waals surface area contributed by atoms with Crippen molar-refractivity contribution in [2.45, 2.75) is 39.7 Å². The fourth-order valence-corrected chi connectivity index (χ4v) is 1.81. The highest BCUT2D eigenvalue weighted by atomic mass is 35.5. The van der Waals surface area contributed by atoms with Crippen LogP contribution in [0.25, 0.3) is 0 Å². The van der Waals surface area contributed by atoms with Gasteiger partial charge in [0.1, 0.15) is 5.15 Å². The van der Waals surface area contributed by atoms with E-state index in [1.807, 2.05) is 13.8 Å². The van der Waals surface area contributed by atoms with Gasteiger partial charge in [0.05, 0.1) is 17.6 Å². The SMILES string of the molecule is CCC/C(N)=C/N(N)c1cnc(Cl)cc1NC(C)C. The quantitative estimate of drug-likeness (QED) is 0.425. The molecule has 0 fully saturated rings. The average Bonchev–Trinajstić information content (AvgIpc) is 2.28. The Morgan fingerprint density at radius 2 is 2.26 bits per heavy atom. The zero-order valence-electron chi connectivity index (χ0n) is 11.7. The molecule has 5 N–H and O–H groups in total. The number of nitrogens with one attached hydrogen (secondary N) is 1. The number of hydrogen-bond donors (Lipinski definition) is 3. The van der Waals surface area contributed by atoms with Crippen LogP contribution in [0.5, 0.6) is 0 Å². The van der Waals surface area contributed by atoms with Crippen LogP contribution in [0, 0.1) is 0 Å². The number of hydrazine groups is 1. The molecule has 0 radical (unpaired) electrons. The molecule has 0 aliphatic carbocycles. The van der Waals surface area contributed by atoms with Gasteiger partial charge in [0.2, 0.25) is 0 Å². The first kappa shape index (κ1) is 15.6. The molecule has 0 amide bonds. The van der Waals surface area contributed by atoms with Crippen molar-refractivity contribution in [3.63, 3.8) is 0 Å². The van der Waals surface area contributed by atoms with Crippen molar-refractivity contribution in [3.05, 3.63) is 29.3 Å². The van der Waals surface area contributed by atoms with Crippen molar-refractivity contribution in [2.75, 3.05) is 10.3 Å². The molecule has 19 heavy (non-hydrogen) atoms. The van der Waals surface area contributed by atoms with Gasteiger partial charge in [-0.1, -0.05) is 24.9 Å². The lowest BCUT2D eigenvalue weighted by atomic mass is 10.2. The van der Waals surface area contributed by atoms with Gasteiger partial charge in [-0.2, -0.15) is 0 Å². The minimum Gasteiger partial charge on any atom is -0.401 e. The Balaban J connectivity index is 3.01. The lowest BCUT2D eigenvalue weighted by Crippen LogP contribution is -2.27. The molecule has 0 unspecified atom stereocenters. The van der Waals surface area contributed by atoms with Crippen molar-refractivity contribution in [2.24, 2.45) is 11.6 Å². The topological polar surface area (TPSA) is 80.2 Å². The van der Waals surface area contributed by atoms with Crippen molar-refractivity contribution < 1.29 is 0 Å². The number of allylic oxidation sites excluding steroid dienone is 1. The molecule has 0 saturated carbocycles. The second kappa shape index (κ2) is 7.21. The Morgan fingerprint density at radius 1 is 1.58 bits per heavy atom. The van der Waals surface area contributed by atoms with E-state index in [-0.39, 0.29) is 6.04 Å². The van der Waals surface area contributed by atoms with E-state index >= 15 is 0 Å². The second-order valence-electron chi connectivity index (χ2n) is 4.68. The van der Waals surface area contributed by atoms with Gasteiger partial charge in [-0.3, -0.25) is 5.01 Å². The molecule has 0 aliphatic rings. The molecule has 0 aliphatic heterocycles. The number of aromatic nitrogens is 1. The summed E-state index contributed by atoms with van der Waals surface area (Å²) in [4.78, 5) is 4.06. The van der Waals surface area contributed by atoms with Crippen molar-refractivity contribution in [1.82, 2.24) is 4.98 Å². The summed E-state index contributed by atoms with van der Waals surface area (Å²) in [6.07, 6.45) is 5.12. The van der Waals surface area contributed by atoms with Crippen molar-refractivity contribution >= 4 is 23.0 Å². The molecular formula is C13H22ClN5. The first-order valence-corrected chi connectivity index (χ1v) is 6.74. The minimum atomic E-state index is 0.266. The Bertz CT molecular complexity index is 445. The van der Waals surface area contributed by atoms with Gasteiger partial charge in [-0.15, -0.1) is 0 Å². The monoisotopic (exact) mass is 283 g/mol. The van der Waals surface area contributed by atoms with Crippen LogP contribution in [0.2, 0.25) is 5.15 Å². The van der Waals surface area contributed by atoms with Crippen molar-refractivity contribution in [3.8, 4) is 0 Å². The first-order chi connectivity index (χ1) is 8.93. The molecular weight excluding hydrogens is 262 g/mol. The van der Waals surface area contributed by atoms with Gasteiger partial charge in [0, 0.05) is 24.0 Å². The van der Waals surface area contributed by atoms with E-state index < -0.39 is 0 Å². The van der Waals surface area contributed by atoms with Crippen LogP contribution in [-0.2, 0) is 0 Å². The number of hydrogen-bond acceptors (Lipinski definition) is 5. The fraction of sp³-hybridized carbons (Fsp3) is 0.462. The molecule has 1 rings (SSSR count). The minimum absolute atomic E-state index is 0.266. The van der Waals surface area contributed by atoms with Gasteiger partial charge in [-0.25, -0.2) is 10.8 Å². The van der Waals surface area contributed by atoms with Crippen LogP contribution in [0.4, 0.5) is 11.4 Å². The maximum atomic E-state index is 6.01. The third kappa shape index (κ3) is 4.96. The number of rotatable bonds is 6. The largest absolute Gasteiger partial charge is 0.401 e. The number of nitrogens with two attached hydrogens (primary N) is 2. The summed E-state index contributed by atoms with van der Waals surface area (Å²) in [5.74, 6) is 6.01. The maximum absolute atomic E-state index is 6.01. The first-order valence-electron chi connectivity index (χ1n) is 6.36. The standard InChI is InChI=1S/C13H22ClN5/c1-4-5-10(15)8-19(16)12-7-17-13(14)6-11(12)18-9(2)3/h6-9H,4-5,15-16H2,1-3H3,(H,17,18)/b10-8-. The normalized spacial score (nSPS) is 11.8. The summed E-state index contributed by atoms with van der Waals surface area (Å²) < 4.78 is 0. The molecule has 5 nitrogen and oxygen atoms in total. The van der Waals surface area contributed by atoms with Gasteiger partial charge < -0.3 is 11.1 Å². The predicted octanol–water partition coefficient (Wildman–Crippen LogP) is 2.84. The molecule has 1 heterocycles. The van der Waals surface area contributed by atoms with E-state index in [4.69, 9.17) is 23.2 Å². The summed E-state index contributed by atoms with van der Waals surface area (Å²) in [5, 5.41) is 5.18. The fourth-order valence-electron chi connectivity index (χ4n) is 1.66. The Morgan fingerprint density at radius 3 is 2.84 bits per heavy atom. The molecule has 1 aromatic rings. The van der Waals surface area contributed by atoms with E-state index in [0.29, 0.717) is 5.15 Å². The summed E-state index contributed by atoms with van der Waals surface area (Å²) in [5.41, 5.74) is 8.17. The lowest BCUT2D eigenvalue weighted by molar-refractivity contribution is 0.873.